The second-order valence-electron chi connectivity index (χ2n) is 10.5. The maximum absolute atomic E-state index is 13.1. The molecule has 0 spiro atoms. The van der Waals surface area contributed by atoms with Gasteiger partial charge in [-0.3, -0.25) is 33.8 Å². The number of nitrogens with two attached hydrogens (primary N) is 3. The van der Waals surface area contributed by atoms with Crippen LogP contribution >= 0.6 is 0 Å². The Morgan fingerprint density at radius 2 is 1.63 bits per heavy atom. The van der Waals surface area contributed by atoms with Crippen LogP contribution in [0.2, 0.25) is 0 Å². The zero-order chi connectivity index (χ0) is 34.2. The van der Waals surface area contributed by atoms with Gasteiger partial charge in [-0.05, 0) is 31.2 Å². The van der Waals surface area contributed by atoms with E-state index in [1.54, 1.807) is 30.3 Å². The first-order valence-corrected chi connectivity index (χ1v) is 14.5. The molecule has 0 radical (unpaired) electrons. The van der Waals surface area contributed by atoms with Gasteiger partial charge in [-0.2, -0.15) is 0 Å². The van der Waals surface area contributed by atoms with E-state index in [4.69, 9.17) is 17.2 Å². The van der Waals surface area contributed by atoms with E-state index in [0.717, 1.165) is 0 Å². The highest BCUT2D eigenvalue weighted by atomic mass is 16.4. The fourth-order valence-corrected chi connectivity index (χ4v) is 4.74. The van der Waals surface area contributed by atoms with Gasteiger partial charge in [0.25, 0.3) is 0 Å². The maximum atomic E-state index is 13.1. The maximum Gasteiger partial charge on any atom is 0.326 e. The van der Waals surface area contributed by atoms with Gasteiger partial charge in [-0.1, -0.05) is 30.3 Å². The van der Waals surface area contributed by atoms with E-state index in [0.29, 0.717) is 24.9 Å². The smallest absolute Gasteiger partial charge is 0.326 e. The standard InChI is InChI=1S/C28H41N9O9/c29-14-22(39)37-11-5-9-20(37)26(44)35-17(8-4-10-32-28(30)31)24(42)33-15-21(38)34-18(13-23(40)41)25(43)36-19(27(45)46)12-16-6-2-1-3-7-16/h1-3,6-7,17-20H,4-5,8-15,29H2,(H,33,42)(H,34,38)(H,35,44)(H,36,43)(H,40,41)(H,45,46)(H4,30,31,32). The Morgan fingerprint density at radius 3 is 2.24 bits per heavy atom. The van der Waals surface area contributed by atoms with Crippen LogP contribution in [0.15, 0.2) is 35.3 Å². The van der Waals surface area contributed by atoms with Crippen molar-refractivity contribution in [2.24, 2.45) is 22.2 Å². The Labute approximate surface area is 264 Å². The van der Waals surface area contributed by atoms with Gasteiger partial charge >= 0.3 is 11.9 Å². The van der Waals surface area contributed by atoms with E-state index in [1.807, 2.05) is 0 Å². The van der Waals surface area contributed by atoms with E-state index in [-0.39, 0.29) is 38.3 Å². The molecule has 0 bridgehead atoms. The molecule has 252 valence electrons. The number of carboxylic acids is 2. The Bertz CT molecular complexity index is 1290. The average Bonchev–Trinajstić information content (AvgIpc) is 3.50. The normalized spacial score (nSPS) is 15.8. The highest BCUT2D eigenvalue weighted by Crippen LogP contribution is 2.18. The monoisotopic (exact) mass is 647 g/mol. The van der Waals surface area contributed by atoms with Gasteiger partial charge in [0, 0.05) is 19.5 Å². The highest BCUT2D eigenvalue weighted by molar-refractivity contribution is 5.96. The fourth-order valence-electron chi connectivity index (χ4n) is 4.74. The molecule has 1 aliphatic rings. The first-order chi connectivity index (χ1) is 21.8. The summed E-state index contributed by atoms with van der Waals surface area (Å²) in [5.74, 6) is -6.78. The number of amides is 5. The van der Waals surface area contributed by atoms with Crippen LogP contribution in [0.1, 0.15) is 37.7 Å². The molecule has 1 fully saturated rings. The summed E-state index contributed by atoms with van der Waals surface area (Å²) in [4.78, 5) is 92.1. The number of nitrogens with zero attached hydrogens (tertiary/aromatic N) is 2. The van der Waals surface area contributed by atoms with Crippen molar-refractivity contribution in [1.82, 2.24) is 26.2 Å². The van der Waals surface area contributed by atoms with Crippen molar-refractivity contribution in [3.05, 3.63) is 35.9 Å². The Balaban J connectivity index is 2.06. The SMILES string of the molecule is NCC(=O)N1CCCC1C(=O)NC(CCCN=C(N)N)C(=O)NCC(=O)NC(CC(=O)O)C(=O)NC(Cc1ccccc1)C(=O)O. The summed E-state index contributed by atoms with van der Waals surface area (Å²) in [6, 6.07) is 3.32. The molecule has 18 heteroatoms. The van der Waals surface area contributed by atoms with Crippen molar-refractivity contribution < 1.29 is 43.8 Å². The molecule has 5 amide bonds. The van der Waals surface area contributed by atoms with Crippen LogP contribution in [0, 0.1) is 0 Å². The van der Waals surface area contributed by atoms with Crippen molar-refractivity contribution >= 4 is 47.4 Å². The van der Waals surface area contributed by atoms with Crippen LogP contribution in [-0.4, -0.2) is 113 Å². The molecule has 4 unspecified atom stereocenters. The Hall–Kier alpha value is -5.26. The summed E-state index contributed by atoms with van der Waals surface area (Å²) in [5, 5.41) is 28.2. The molecule has 1 heterocycles. The number of benzene rings is 1. The molecule has 1 aliphatic heterocycles. The van der Waals surface area contributed by atoms with Crippen LogP contribution < -0.4 is 38.5 Å². The van der Waals surface area contributed by atoms with Crippen LogP contribution in [0.5, 0.6) is 0 Å². The van der Waals surface area contributed by atoms with E-state index >= 15 is 0 Å². The Morgan fingerprint density at radius 1 is 0.935 bits per heavy atom. The van der Waals surface area contributed by atoms with Gasteiger partial charge in [0.15, 0.2) is 5.96 Å². The fraction of sp³-hybridized carbons (Fsp3) is 0.500. The van der Waals surface area contributed by atoms with Crippen molar-refractivity contribution in [2.45, 2.75) is 62.7 Å². The van der Waals surface area contributed by atoms with E-state index in [2.05, 4.69) is 26.3 Å². The first-order valence-electron chi connectivity index (χ1n) is 14.5. The van der Waals surface area contributed by atoms with Crippen LogP contribution in [0.4, 0.5) is 0 Å². The lowest BCUT2D eigenvalue weighted by atomic mass is 10.1. The molecule has 0 aromatic heterocycles. The molecule has 12 N–H and O–H groups in total. The molecule has 1 aromatic rings. The molecule has 0 aliphatic carbocycles. The first kappa shape index (κ1) is 36.9. The van der Waals surface area contributed by atoms with Gasteiger partial charge in [-0.25, -0.2) is 4.79 Å². The highest BCUT2D eigenvalue weighted by Gasteiger charge is 2.35. The predicted molar refractivity (Wildman–Crippen MR) is 163 cm³/mol. The van der Waals surface area contributed by atoms with Gasteiger partial charge in [0.05, 0.1) is 19.5 Å². The number of likely N-dealkylation sites (tertiary alicyclic amines) is 1. The van der Waals surface area contributed by atoms with Crippen LogP contribution in [0.25, 0.3) is 0 Å². The third-order valence-electron chi connectivity index (χ3n) is 6.98. The number of rotatable bonds is 18. The molecule has 1 saturated heterocycles. The molecule has 0 saturated carbocycles. The third-order valence-corrected chi connectivity index (χ3v) is 6.98. The molecule has 2 rings (SSSR count). The van der Waals surface area contributed by atoms with E-state index < -0.39 is 78.6 Å². The summed E-state index contributed by atoms with van der Waals surface area (Å²) in [7, 11) is 0. The van der Waals surface area contributed by atoms with Crippen LogP contribution in [-0.2, 0) is 40.0 Å². The van der Waals surface area contributed by atoms with Crippen molar-refractivity contribution in [1.29, 1.82) is 0 Å². The summed E-state index contributed by atoms with van der Waals surface area (Å²) >= 11 is 0. The Kier molecular flexibility index (Phi) is 14.9. The summed E-state index contributed by atoms with van der Waals surface area (Å²) in [6.45, 7) is -0.528. The minimum atomic E-state index is -1.66. The topological polar surface area (TPSA) is 302 Å². The largest absolute Gasteiger partial charge is 0.481 e. The number of hydrogen-bond donors (Lipinski definition) is 9. The summed E-state index contributed by atoms with van der Waals surface area (Å²) in [5.41, 5.74) is 16.7. The van der Waals surface area contributed by atoms with E-state index in [9.17, 15) is 43.8 Å². The molecule has 1 aromatic carbocycles. The number of aliphatic carboxylic acids is 2. The lowest BCUT2D eigenvalue weighted by Crippen LogP contribution is -2.56. The predicted octanol–water partition coefficient (Wildman–Crippen LogP) is -3.64. The number of carbonyl (C=O) groups is 7. The van der Waals surface area contributed by atoms with Crippen molar-refractivity contribution in [2.75, 3.05) is 26.2 Å². The van der Waals surface area contributed by atoms with E-state index in [1.165, 1.54) is 4.90 Å². The number of carboxylic acid groups (broad SMARTS) is 2. The molecule has 4 atom stereocenters. The molecular weight excluding hydrogens is 606 g/mol. The number of hydrogen-bond acceptors (Lipinski definition) is 9. The quantitative estimate of drug-likeness (QED) is 0.0423. The average molecular weight is 648 g/mol. The van der Waals surface area contributed by atoms with Crippen LogP contribution in [0.3, 0.4) is 0 Å². The van der Waals surface area contributed by atoms with Gasteiger partial charge in [0.2, 0.25) is 29.5 Å². The summed E-state index contributed by atoms with van der Waals surface area (Å²) < 4.78 is 0. The van der Waals surface area contributed by atoms with Crippen molar-refractivity contribution in [3.63, 3.8) is 0 Å². The zero-order valence-corrected chi connectivity index (χ0v) is 25.1. The molecule has 18 nitrogen and oxygen atoms in total. The number of aliphatic imine (C=N–C) groups is 1. The minimum absolute atomic E-state index is 0.0512. The minimum Gasteiger partial charge on any atom is -0.481 e. The number of nitrogens with one attached hydrogen (secondary N) is 4. The third kappa shape index (κ3) is 12.4. The van der Waals surface area contributed by atoms with Crippen molar-refractivity contribution in [3.8, 4) is 0 Å². The number of guanidine groups is 1. The summed E-state index contributed by atoms with van der Waals surface area (Å²) in [6.07, 6.45) is 0.273. The lowest BCUT2D eigenvalue weighted by Gasteiger charge is -2.26. The second kappa shape index (κ2) is 18.5. The lowest BCUT2D eigenvalue weighted by molar-refractivity contribution is -0.143. The van der Waals surface area contributed by atoms with Gasteiger partial charge in [-0.15, -0.1) is 0 Å². The zero-order valence-electron chi connectivity index (χ0n) is 25.1. The second-order valence-corrected chi connectivity index (χ2v) is 10.5. The van der Waals surface area contributed by atoms with Gasteiger partial charge < -0.3 is 53.6 Å². The molecular formula is C28H41N9O9. The number of carbonyl (C=O) groups excluding carboxylic acids is 5. The molecule has 46 heavy (non-hydrogen) atoms. The van der Waals surface area contributed by atoms with Gasteiger partial charge in [0.1, 0.15) is 24.2 Å².